The minimum Gasteiger partial charge on any atom is -0.383 e. The Morgan fingerprint density at radius 3 is 2.45 bits per heavy atom. The van der Waals surface area contributed by atoms with Crippen LogP contribution < -0.4 is 4.72 Å². The maximum absolute atomic E-state index is 10.5. The third kappa shape index (κ3) is 6.55. The van der Waals surface area contributed by atoms with Crippen LogP contribution in [0.2, 0.25) is 0 Å². The van der Waals surface area contributed by atoms with Crippen LogP contribution >= 0.6 is 10.7 Å². The quantitative estimate of drug-likeness (QED) is 0.659. The van der Waals surface area contributed by atoms with E-state index in [2.05, 4.69) is 4.72 Å². The summed E-state index contributed by atoms with van der Waals surface area (Å²) in [7, 11) is 2.84. The Balaban J connectivity index is 3.88. The zero-order chi connectivity index (χ0) is 8.91. The molecule has 1 atom stereocenters. The van der Waals surface area contributed by atoms with E-state index in [1.165, 1.54) is 7.11 Å². The van der Waals surface area contributed by atoms with E-state index in [4.69, 9.17) is 15.4 Å². The molecule has 0 heterocycles. The number of nitrogens with one attached hydrogen (secondary N) is 1. The predicted octanol–water partition coefficient (Wildman–Crippen LogP) is 0.485. The van der Waals surface area contributed by atoms with Crippen molar-refractivity contribution >= 4 is 19.9 Å². The van der Waals surface area contributed by atoms with Crippen LogP contribution in [0.15, 0.2) is 0 Å². The highest BCUT2D eigenvalue weighted by Gasteiger charge is 2.12. The fourth-order valence-corrected chi connectivity index (χ4v) is 1.65. The Morgan fingerprint density at radius 2 is 2.18 bits per heavy atom. The monoisotopic (exact) mass is 201 g/mol. The van der Waals surface area contributed by atoms with Crippen molar-refractivity contribution in [2.45, 2.75) is 19.4 Å². The molecule has 0 aromatic heterocycles. The number of hydrogen-bond acceptors (Lipinski definition) is 3. The predicted molar refractivity (Wildman–Crippen MR) is 43.9 cm³/mol. The van der Waals surface area contributed by atoms with Gasteiger partial charge in [0, 0.05) is 23.8 Å². The van der Waals surface area contributed by atoms with Gasteiger partial charge in [-0.05, 0) is 6.42 Å². The molecular weight excluding hydrogens is 190 g/mol. The van der Waals surface area contributed by atoms with Gasteiger partial charge in [-0.3, -0.25) is 0 Å². The van der Waals surface area contributed by atoms with Crippen molar-refractivity contribution in [3.8, 4) is 0 Å². The molecule has 0 radical (unpaired) electrons. The number of methoxy groups -OCH3 is 1. The van der Waals surface area contributed by atoms with Crippen LogP contribution in [0.5, 0.6) is 0 Å². The standard InChI is InChI=1S/C5H12ClNO3S/c1-3-5(4-10-2)7-11(6,8)9/h5,7H,3-4H2,1-2H3. The van der Waals surface area contributed by atoms with Crippen LogP contribution in [-0.2, 0) is 14.0 Å². The summed E-state index contributed by atoms with van der Waals surface area (Å²) in [5.74, 6) is 0. The highest BCUT2D eigenvalue weighted by atomic mass is 35.7. The second kappa shape index (κ2) is 4.92. The van der Waals surface area contributed by atoms with E-state index in [0.717, 1.165) is 0 Å². The molecule has 68 valence electrons. The molecule has 0 saturated heterocycles. The fourth-order valence-electron chi connectivity index (χ4n) is 0.635. The second-order valence-corrected chi connectivity index (χ2v) is 4.45. The SMILES string of the molecule is CCC(COC)NS(=O)(=O)Cl. The molecule has 6 heteroatoms. The van der Waals surface area contributed by atoms with Gasteiger partial charge in [0.25, 0.3) is 9.24 Å². The van der Waals surface area contributed by atoms with Crippen LogP contribution in [0.3, 0.4) is 0 Å². The van der Waals surface area contributed by atoms with Crippen LogP contribution in [-0.4, -0.2) is 28.2 Å². The number of ether oxygens (including phenoxy) is 1. The van der Waals surface area contributed by atoms with Gasteiger partial charge in [-0.1, -0.05) is 6.92 Å². The van der Waals surface area contributed by atoms with Crippen molar-refractivity contribution in [3.63, 3.8) is 0 Å². The Morgan fingerprint density at radius 1 is 1.64 bits per heavy atom. The third-order valence-electron chi connectivity index (χ3n) is 1.17. The normalized spacial score (nSPS) is 14.8. The first-order valence-electron chi connectivity index (χ1n) is 3.20. The molecule has 0 aromatic rings. The van der Waals surface area contributed by atoms with Crippen molar-refractivity contribution in [2.75, 3.05) is 13.7 Å². The summed E-state index contributed by atoms with van der Waals surface area (Å²) in [6.45, 7) is 2.18. The zero-order valence-corrected chi connectivity index (χ0v) is 8.07. The largest absolute Gasteiger partial charge is 0.383 e. The van der Waals surface area contributed by atoms with Crippen LogP contribution in [0, 0.1) is 0 Å². The molecule has 4 nitrogen and oxygen atoms in total. The highest BCUT2D eigenvalue weighted by molar-refractivity contribution is 8.12. The number of hydrogen-bond donors (Lipinski definition) is 1. The molecule has 0 spiro atoms. The Bertz CT molecular complexity index is 192. The summed E-state index contributed by atoms with van der Waals surface area (Å²) in [4.78, 5) is 0. The lowest BCUT2D eigenvalue weighted by atomic mass is 10.3. The average molecular weight is 202 g/mol. The Kier molecular flexibility index (Phi) is 4.99. The summed E-state index contributed by atoms with van der Waals surface area (Å²) in [5.41, 5.74) is 0. The van der Waals surface area contributed by atoms with E-state index in [0.29, 0.717) is 13.0 Å². The van der Waals surface area contributed by atoms with Gasteiger partial charge in [-0.25, -0.2) is 0 Å². The summed E-state index contributed by atoms with van der Waals surface area (Å²) in [5, 5.41) is 0. The topological polar surface area (TPSA) is 55.4 Å². The first-order valence-corrected chi connectivity index (χ1v) is 5.51. The van der Waals surface area contributed by atoms with Gasteiger partial charge in [0.15, 0.2) is 0 Å². The lowest BCUT2D eigenvalue weighted by Crippen LogP contribution is -2.34. The lowest BCUT2D eigenvalue weighted by Gasteiger charge is -2.12. The van der Waals surface area contributed by atoms with E-state index < -0.39 is 9.24 Å². The van der Waals surface area contributed by atoms with Crippen LogP contribution in [0.25, 0.3) is 0 Å². The molecule has 0 aliphatic carbocycles. The smallest absolute Gasteiger partial charge is 0.297 e. The zero-order valence-electron chi connectivity index (χ0n) is 6.50. The molecule has 0 fully saturated rings. The number of rotatable bonds is 5. The molecule has 1 unspecified atom stereocenters. The van der Waals surface area contributed by atoms with Gasteiger partial charge in [-0.15, -0.1) is 0 Å². The van der Waals surface area contributed by atoms with Gasteiger partial charge in [0.1, 0.15) is 0 Å². The van der Waals surface area contributed by atoms with Crippen molar-refractivity contribution < 1.29 is 13.2 Å². The van der Waals surface area contributed by atoms with E-state index in [-0.39, 0.29) is 6.04 Å². The van der Waals surface area contributed by atoms with Gasteiger partial charge in [0.05, 0.1) is 6.61 Å². The van der Waals surface area contributed by atoms with Crippen LogP contribution in [0.4, 0.5) is 0 Å². The third-order valence-corrected chi connectivity index (χ3v) is 2.05. The van der Waals surface area contributed by atoms with Crippen molar-refractivity contribution in [1.29, 1.82) is 0 Å². The average Bonchev–Trinajstić information content (AvgIpc) is 1.84. The molecule has 0 aliphatic rings. The number of halogens is 1. The van der Waals surface area contributed by atoms with E-state index in [1.54, 1.807) is 0 Å². The summed E-state index contributed by atoms with van der Waals surface area (Å²) in [6.07, 6.45) is 0.653. The molecule has 0 saturated carbocycles. The van der Waals surface area contributed by atoms with Crippen molar-refractivity contribution in [2.24, 2.45) is 0 Å². The maximum Gasteiger partial charge on any atom is 0.297 e. The molecule has 1 N–H and O–H groups in total. The second-order valence-electron chi connectivity index (χ2n) is 2.12. The highest BCUT2D eigenvalue weighted by Crippen LogP contribution is 1.97. The first kappa shape index (κ1) is 11.2. The minimum atomic E-state index is -3.62. The van der Waals surface area contributed by atoms with E-state index >= 15 is 0 Å². The lowest BCUT2D eigenvalue weighted by molar-refractivity contribution is 0.173. The van der Waals surface area contributed by atoms with Gasteiger partial charge < -0.3 is 4.74 Å². The van der Waals surface area contributed by atoms with Gasteiger partial charge in [-0.2, -0.15) is 13.1 Å². The van der Waals surface area contributed by atoms with Gasteiger partial charge >= 0.3 is 0 Å². The molecule has 0 amide bonds. The van der Waals surface area contributed by atoms with Gasteiger partial charge in [0.2, 0.25) is 0 Å². The van der Waals surface area contributed by atoms with E-state index in [9.17, 15) is 8.42 Å². The molecule has 0 bridgehead atoms. The van der Waals surface area contributed by atoms with Crippen molar-refractivity contribution in [3.05, 3.63) is 0 Å². The van der Waals surface area contributed by atoms with Crippen molar-refractivity contribution in [1.82, 2.24) is 4.72 Å². The van der Waals surface area contributed by atoms with E-state index in [1.807, 2.05) is 6.92 Å². The minimum absolute atomic E-state index is 0.234. The molecular formula is C5H12ClNO3S. The summed E-state index contributed by atoms with van der Waals surface area (Å²) >= 11 is 0. The molecule has 0 aromatic carbocycles. The van der Waals surface area contributed by atoms with Crippen LogP contribution in [0.1, 0.15) is 13.3 Å². The Labute approximate surface area is 71.4 Å². The maximum atomic E-state index is 10.5. The summed E-state index contributed by atoms with van der Waals surface area (Å²) in [6, 6.07) is -0.234. The summed E-state index contributed by atoms with van der Waals surface area (Å²) < 4.78 is 27.9. The molecule has 0 rings (SSSR count). The molecule has 11 heavy (non-hydrogen) atoms. The first-order chi connectivity index (χ1) is 4.99. The molecule has 0 aliphatic heterocycles. The fraction of sp³-hybridized carbons (Fsp3) is 1.00. The Hall–Kier alpha value is 0.160.